The number of hydrogen-bond acceptors (Lipinski definition) is 12. The van der Waals surface area contributed by atoms with Gasteiger partial charge in [-0.25, -0.2) is 0 Å². The third kappa shape index (κ3) is 19.1. The minimum atomic E-state index is -0.740. The molecule has 0 amide bonds. The van der Waals surface area contributed by atoms with Crippen LogP contribution in [0.15, 0.2) is 72.8 Å². The van der Waals surface area contributed by atoms with Gasteiger partial charge in [0, 0.05) is 33.4 Å². The van der Waals surface area contributed by atoms with Gasteiger partial charge >= 0.3 is 23.9 Å². The van der Waals surface area contributed by atoms with Crippen LogP contribution in [0.1, 0.15) is 247 Å². The van der Waals surface area contributed by atoms with Gasteiger partial charge in [-0.15, -0.1) is 0 Å². The molecule has 0 fully saturated rings. The van der Waals surface area contributed by atoms with Gasteiger partial charge in [0.05, 0.1) is 46.0 Å². The fourth-order valence-corrected chi connectivity index (χ4v) is 7.86. The van der Waals surface area contributed by atoms with Crippen LogP contribution in [0.25, 0.3) is 12.2 Å². The van der Waals surface area contributed by atoms with Crippen molar-refractivity contribution < 1.29 is 57.2 Å². The van der Waals surface area contributed by atoms with E-state index in [1.807, 2.05) is 34.6 Å². The Hall–Kier alpha value is -6.82. The molecule has 460 valence electrons. The van der Waals surface area contributed by atoms with E-state index in [2.05, 4.69) is 95.2 Å². The molecule has 0 radical (unpaired) electrons. The number of allylic oxidation sites excluding steroid dienone is 2. The van der Waals surface area contributed by atoms with E-state index in [4.69, 9.17) is 28.4 Å². The molecule has 0 unspecified atom stereocenters. The summed E-state index contributed by atoms with van der Waals surface area (Å²) in [6, 6.07) is 17.1. The average Bonchev–Trinajstić information content (AvgIpc) is 1.70. The normalized spacial score (nSPS) is 12.8. The maximum absolute atomic E-state index is 13.4. The minimum Gasteiger partial charge on any atom is -0.493 e. The molecule has 4 rings (SSSR count). The Labute approximate surface area is 503 Å². The number of ether oxygens (including phenoxy) is 6. The SMILES string of the molecule is CCOc1c(C(C)(C)C)cc(C(C)(C)C)c(OC(=O)C(C)(C)C)c1C=CC(=O)c1ccc(OC(=O)C(C)(C)C)cc1.CCOc1c(C(C)(C)CC)cc(C(C)(C)CC)c(OC(=O)C(C)(C)C)c1C=CC(=O)c1ccc(OC(=O)C(C)(C)C)cc1. The van der Waals surface area contributed by atoms with Gasteiger partial charge in [-0.3, -0.25) is 28.8 Å². The van der Waals surface area contributed by atoms with Crippen molar-refractivity contribution >= 4 is 47.6 Å². The number of benzene rings is 4. The van der Waals surface area contributed by atoms with E-state index < -0.39 is 21.7 Å². The lowest BCUT2D eigenvalue weighted by Gasteiger charge is -2.34. The van der Waals surface area contributed by atoms with Gasteiger partial charge in [0.15, 0.2) is 11.6 Å². The van der Waals surface area contributed by atoms with Crippen molar-refractivity contribution in [1.82, 2.24) is 0 Å². The molecule has 0 atom stereocenters. The zero-order valence-corrected chi connectivity index (χ0v) is 55.8. The lowest BCUT2D eigenvalue weighted by molar-refractivity contribution is -0.143. The predicted molar refractivity (Wildman–Crippen MR) is 339 cm³/mol. The predicted octanol–water partition coefficient (Wildman–Crippen LogP) is 17.7. The lowest BCUT2D eigenvalue weighted by Crippen LogP contribution is -2.29. The third-order valence-electron chi connectivity index (χ3n) is 14.3. The number of carbonyl (C=O) groups is 6. The number of ketones is 2. The second kappa shape index (κ2) is 27.5. The molecule has 0 aliphatic carbocycles. The molecule has 0 saturated carbocycles. The quantitative estimate of drug-likeness (QED) is 0.0402. The Morgan fingerprint density at radius 1 is 0.357 bits per heavy atom. The summed E-state index contributed by atoms with van der Waals surface area (Å²) in [5, 5.41) is 0. The number of rotatable bonds is 18. The molecular formula is C72H100O12. The smallest absolute Gasteiger partial charge is 0.316 e. The highest BCUT2D eigenvalue weighted by Crippen LogP contribution is 2.49. The summed E-state index contributed by atoms with van der Waals surface area (Å²) in [5.41, 5.74) is 1.67. The van der Waals surface area contributed by atoms with Crippen LogP contribution in [0.2, 0.25) is 0 Å². The third-order valence-corrected chi connectivity index (χ3v) is 14.3. The van der Waals surface area contributed by atoms with Crippen molar-refractivity contribution in [2.24, 2.45) is 21.7 Å². The van der Waals surface area contributed by atoms with Gasteiger partial charge in [-0.05, 0) is 216 Å². The summed E-state index contributed by atoms with van der Waals surface area (Å²) in [4.78, 5) is 77.6. The molecule has 0 aliphatic rings. The zero-order valence-electron chi connectivity index (χ0n) is 55.8. The van der Waals surface area contributed by atoms with E-state index in [-0.39, 0.29) is 57.1 Å². The van der Waals surface area contributed by atoms with Crippen LogP contribution in [0.5, 0.6) is 34.5 Å². The van der Waals surface area contributed by atoms with Crippen LogP contribution in [-0.2, 0) is 40.8 Å². The summed E-state index contributed by atoms with van der Waals surface area (Å²) in [5.74, 6) is 0.772. The van der Waals surface area contributed by atoms with Gasteiger partial charge in [0.2, 0.25) is 0 Å². The maximum atomic E-state index is 13.4. The summed E-state index contributed by atoms with van der Waals surface area (Å²) in [7, 11) is 0. The average molecular weight is 1160 g/mol. The first-order valence-corrected chi connectivity index (χ1v) is 29.5. The largest absolute Gasteiger partial charge is 0.493 e. The second-order valence-corrected chi connectivity index (χ2v) is 28.9. The maximum Gasteiger partial charge on any atom is 0.316 e. The van der Waals surface area contributed by atoms with E-state index in [0.29, 0.717) is 70.0 Å². The lowest BCUT2D eigenvalue weighted by atomic mass is 9.74. The second-order valence-electron chi connectivity index (χ2n) is 28.9. The van der Waals surface area contributed by atoms with Crippen LogP contribution < -0.4 is 28.4 Å². The fourth-order valence-electron chi connectivity index (χ4n) is 7.86. The summed E-state index contributed by atoms with van der Waals surface area (Å²) in [6.45, 7) is 51.5. The van der Waals surface area contributed by atoms with Gasteiger partial charge in [-0.1, -0.05) is 83.1 Å². The molecule has 12 nitrogen and oxygen atoms in total. The van der Waals surface area contributed by atoms with Gasteiger partial charge in [-0.2, -0.15) is 0 Å². The van der Waals surface area contributed by atoms with E-state index in [1.165, 1.54) is 12.2 Å². The summed E-state index contributed by atoms with van der Waals surface area (Å²) in [6.07, 6.45) is 7.98. The van der Waals surface area contributed by atoms with Crippen molar-refractivity contribution in [3.63, 3.8) is 0 Å². The molecule has 84 heavy (non-hydrogen) atoms. The monoisotopic (exact) mass is 1160 g/mol. The molecular weight excluding hydrogens is 1060 g/mol. The van der Waals surface area contributed by atoms with Crippen LogP contribution in [-0.4, -0.2) is 48.7 Å². The topological polar surface area (TPSA) is 158 Å². The molecule has 0 saturated heterocycles. The minimum absolute atomic E-state index is 0.247. The van der Waals surface area contributed by atoms with Crippen LogP contribution in [0.4, 0.5) is 0 Å². The zero-order chi connectivity index (χ0) is 64.5. The molecule has 0 aliphatic heterocycles. The fraction of sp³-hybridized carbons (Fsp3) is 0.528. The first-order valence-electron chi connectivity index (χ1n) is 29.5. The highest BCUT2D eigenvalue weighted by Gasteiger charge is 2.37. The Morgan fingerprint density at radius 3 is 0.905 bits per heavy atom. The van der Waals surface area contributed by atoms with Crippen molar-refractivity contribution in [2.45, 2.75) is 215 Å². The van der Waals surface area contributed by atoms with Crippen molar-refractivity contribution in [1.29, 1.82) is 0 Å². The molecule has 4 aromatic rings. The Bertz CT molecular complexity index is 3060. The van der Waals surface area contributed by atoms with Gasteiger partial charge < -0.3 is 28.4 Å². The Morgan fingerprint density at radius 2 is 0.619 bits per heavy atom. The summed E-state index contributed by atoms with van der Waals surface area (Å²) < 4.78 is 35.6. The van der Waals surface area contributed by atoms with Crippen molar-refractivity contribution in [3.05, 3.63) is 117 Å². The molecule has 0 aromatic heterocycles. The van der Waals surface area contributed by atoms with Crippen LogP contribution >= 0.6 is 0 Å². The molecule has 12 heteroatoms. The van der Waals surface area contributed by atoms with Gasteiger partial charge in [0.1, 0.15) is 34.5 Å². The van der Waals surface area contributed by atoms with Crippen molar-refractivity contribution in [2.75, 3.05) is 13.2 Å². The first kappa shape index (κ1) is 71.4. The summed E-state index contributed by atoms with van der Waals surface area (Å²) >= 11 is 0. The van der Waals surface area contributed by atoms with Crippen LogP contribution in [0.3, 0.4) is 0 Å². The van der Waals surface area contributed by atoms with E-state index >= 15 is 0 Å². The van der Waals surface area contributed by atoms with E-state index in [1.54, 1.807) is 123 Å². The van der Waals surface area contributed by atoms with E-state index in [9.17, 15) is 28.8 Å². The molecule has 0 bridgehead atoms. The standard InChI is InChI=1S/C37H52O6.C35H48O6/c1-14-36(10,11)27-23-28(37(12,13)15-2)31(43-33(40)35(7,8)9)26(30(27)41-16-3)21-22-29(38)24-17-19-25(20-18-24)42-32(39)34(4,5)6;1-14-39-28-24(19-20-27(36)22-15-17-23(18-16-22)40-30(37)34(8,9)10)29(41-31(38)35(11,12)13)26(33(5,6)7)21-25(28)32(2,3)4/h17-23H,14-16H2,1-13H3;15-21H,14H2,1-13H3. The molecule has 4 aromatic carbocycles. The Balaban J connectivity index is 0.000000441. The first-order chi connectivity index (χ1) is 38.3. The molecule has 0 heterocycles. The van der Waals surface area contributed by atoms with Crippen LogP contribution in [0, 0.1) is 21.7 Å². The molecule has 0 spiro atoms. The number of esters is 4. The van der Waals surface area contributed by atoms with Gasteiger partial charge in [0.25, 0.3) is 0 Å². The van der Waals surface area contributed by atoms with Crippen molar-refractivity contribution in [3.8, 4) is 34.5 Å². The Kier molecular flexibility index (Phi) is 23.4. The number of hydrogen-bond donors (Lipinski definition) is 0. The number of carbonyl (C=O) groups excluding carboxylic acids is 6. The molecule has 0 N–H and O–H groups in total. The highest BCUT2D eigenvalue weighted by atomic mass is 16.6. The highest BCUT2D eigenvalue weighted by molar-refractivity contribution is 6.08. The van der Waals surface area contributed by atoms with E-state index in [0.717, 1.165) is 35.1 Å².